The molecule has 8 bridgehead atoms. The minimum Gasteiger partial charge on any atom is -0.394 e. The maximum atomic E-state index is 11.0. The molecule has 0 aromatic heterocycles. The highest BCUT2D eigenvalue weighted by Gasteiger charge is 2.54. The van der Waals surface area contributed by atoms with Crippen LogP contribution in [0.15, 0.2) is 0 Å². The first kappa shape index (κ1) is 34.5. The van der Waals surface area contributed by atoms with E-state index in [2.05, 4.69) is 0 Å². The van der Waals surface area contributed by atoms with Crippen molar-refractivity contribution in [3.8, 4) is 0 Å². The highest BCUT2D eigenvalue weighted by molar-refractivity contribution is 4.98. The molecular formula is C24H40O20. The monoisotopic (exact) mass is 648 g/mol. The van der Waals surface area contributed by atoms with Gasteiger partial charge < -0.3 is 99.2 Å². The van der Waals surface area contributed by atoms with Gasteiger partial charge in [0, 0.05) is 0 Å². The number of hydrogen-bond donors (Lipinski definition) is 12. The van der Waals surface area contributed by atoms with Gasteiger partial charge in [-0.2, -0.15) is 0 Å². The second-order valence-corrected chi connectivity index (χ2v) is 11.3. The molecule has 0 aromatic carbocycles. The normalized spacial score (nSPS) is 55.9. The molecule has 5 aliphatic heterocycles. The molecule has 20 heteroatoms. The second-order valence-electron chi connectivity index (χ2n) is 11.3. The fourth-order valence-electron chi connectivity index (χ4n) is 5.80. The Balaban J connectivity index is 1.48. The van der Waals surface area contributed by atoms with Gasteiger partial charge in [0.15, 0.2) is 25.2 Å². The minimum atomic E-state index is -1.98. The Labute approximate surface area is 249 Å². The SMILES string of the molecule is OC[C@H]1OC2OC[C@H]3OC(O)[C@H](O)[C@@H](O[C@H]4[C@H](O)[C@@H](CO)OC(OC[C@H]5OC(O[C@@H]([C@@H]1O)[C@H]2O)[C@H](O)[C@@H](O)[C@@H]5O)[C@@H]4O)[C@@H]3O. The van der Waals surface area contributed by atoms with E-state index in [0.29, 0.717) is 0 Å². The molecule has 5 rings (SSSR count). The maximum Gasteiger partial charge on any atom is 0.187 e. The average Bonchev–Trinajstić information content (AvgIpc) is 3.00. The van der Waals surface area contributed by atoms with Gasteiger partial charge in [-0.3, -0.25) is 0 Å². The van der Waals surface area contributed by atoms with E-state index < -0.39 is 149 Å². The second kappa shape index (κ2) is 14.1. The Morgan fingerprint density at radius 3 is 1.39 bits per heavy atom. The Hall–Kier alpha value is -0.800. The molecule has 0 aromatic rings. The summed E-state index contributed by atoms with van der Waals surface area (Å²) in [6.45, 7) is -2.96. The summed E-state index contributed by atoms with van der Waals surface area (Å²) in [5, 5.41) is 126. The van der Waals surface area contributed by atoms with Crippen LogP contribution in [-0.2, 0) is 37.9 Å². The molecule has 5 aliphatic rings. The van der Waals surface area contributed by atoms with Crippen LogP contribution in [0, 0.1) is 0 Å². The van der Waals surface area contributed by atoms with E-state index in [1.165, 1.54) is 0 Å². The molecular weight excluding hydrogens is 608 g/mol. The van der Waals surface area contributed by atoms with Gasteiger partial charge in [0.25, 0.3) is 0 Å². The van der Waals surface area contributed by atoms with Crippen molar-refractivity contribution in [2.45, 2.75) is 123 Å². The predicted octanol–water partition coefficient (Wildman–Crippen LogP) is -8.70. The first-order chi connectivity index (χ1) is 20.9. The predicted molar refractivity (Wildman–Crippen MR) is 131 cm³/mol. The summed E-state index contributed by atoms with van der Waals surface area (Å²) in [6, 6.07) is 0. The lowest BCUT2D eigenvalue weighted by Gasteiger charge is -2.48. The third kappa shape index (κ3) is 6.50. The van der Waals surface area contributed by atoms with Gasteiger partial charge in [-0.05, 0) is 0 Å². The van der Waals surface area contributed by atoms with Crippen molar-refractivity contribution in [2.75, 3.05) is 26.4 Å². The number of aliphatic hydroxyl groups is 12. The molecule has 5 fully saturated rings. The van der Waals surface area contributed by atoms with E-state index >= 15 is 0 Å². The molecule has 5 saturated heterocycles. The van der Waals surface area contributed by atoms with E-state index in [0.717, 1.165) is 0 Å². The molecule has 20 atom stereocenters. The fourth-order valence-corrected chi connectivity index (χ4v) is 5.80. The Morgan fingerprint density at radius 1 is 0.386 bits per heavy atom. The number of aliphatic hydroxyl groups excluding tert-OH is 12. The van der Waals surface area contributed by atoms with E-state index in [-0.39, 0.29) is 0 Å². The van der Waals surface area contributed by atoms with Gasteiger partial charge in [0.05, 0.1) is 26.4 Å². The average molecular weight is 649 g/mol. The summed E-state index contributed by atoms with van der Waals surface area (Å²) in [6.07, 6.45) is -34.9. The summed E-state index contributed by atoms with van der Waals surface area (Å²) >= 11 is 0. The maximum absolute atomic E-state index is 11.0. The molecule has 5 heterocycles. The molecule has 256 valence electrons. The van der Waals surface area contributed by atoms with Crippen LogP contribution < -0.4 is 0 Å². The van der Waals surface area contributed by atoms with Crippen LogP contribution in [-0.4, -0.2) is 211 Å². The molecule has 0 saturated carbocycles. The molecule has 44 heavy (non-hydrogen) atoms. The Bertz CT molecular complexity index is 932. The lowest BCUT2D eigenvalue weighted by Crippen LogP contribution is -2.67. The van der Waals surface area contributed by atoms with Gasteiger partial charge >= 0.3 is 0 Å². The molecule has 12 N–H and O–H groups in total. The standard InChI is InChI=1S/C24H40O20/c25-1-5-10(28)19-16(34)22(40-5)37-3-7-9(27)13(31)14(32)24(42-7)44-20-11(29)6(2-26)41-23(17(20)35)38-4-8-12(30)18(43-19)15(33)21(36)39-8/h5-36H,1-4H2/t5-,6-,7-,8-,9-,10-,11-,12-,13+,14-,15-,16-,17-,18+,19+,20+,21?,22?,23?,24?/m1/s1. The third-order valence-corrected chi connectivity index (χ3v) is 8.43. The van der Waals surface area contributed by atoms with Crippen molar-refractivity contribution < 1.29 is 99.2 Å². The molecule has 0 radical (unpaired) electrons. The van der Waals surface area contributed by atoms with E-state index in [9.17, 15) is 61.3 Å². The summed E-state index contributed by atoms with van der Waals surface area (Å²) in [5.41, 5.74) is 0. The largest absolute Gasteiger partial charge is 0.394 e. The Kier molecular flexibility index (Phi) is 11.1. The van der Waals surface area contributed by atoms with E-state index in [1.54, 1.807) is 0 Å². The minimum absolute atomic E-state index is 0.674. The van der Waals surface area contributed by atoms with Crippen LogP contribution in [0.1, 0.15) is 0 Å². The van der Waals surface area contributed by atoms with Gasteiger partial charge in [0.2, 0.25) is 0 Å². The summed E-state index contributed by atoms with van der Waals surface area (Å²) in [4.78, 5) is 0. The third-order valence-electron chi connectivity index (χ3n) is 8.43. The van der Waals surface area contributed by atoms with Gasteiger partial charge in [-0.1, -0.05) is 0 Å². The van der Waals surface area contributed by atoms with Crippen molar-refractivity contribution in [1.29, 1.82) is 0 Å². The van der Waals surface area contributed by atoms with Crippen LogP contribution >= 0.6 is 0 Å². The molecule has 20 nitrogen and oxygen atoms in total. The first-order valence-electron chi connectivity index (χ1n) is 14.1. The van der Waals surface area contributed by atoms with Crippen LogP contribution in [0.4, 0.5) is 0 Å². The fraction of sp³-hybridized carbons (Fsp3) is 1.00. The van der Waals surface area contributed by atoms with E-state index in [1.807, 2.05) is 0 Å². The van der Waals surface area contributed by atoms with Gasteiger partial charge in [0.1, 0.15) is 97.7 Å². The van der Waals surface area contributed by atoms with Crippen LogP contribution in [0.2, 0.25) is 0 Å². The first-order valence-corrected chi connectivity index (χ1v) is 14.1. The lowest BCUT2D eigenvalue weighted by atomic mass is 9.95. The summed E-state index contributed by atoms with van der Waals surface area (Å²) in [7, 11) is 0. The van der Waals surface area contributed by atoms with Crippen molar-refractivity contribution in [1.82, 2.24) is 0 Å². The highest BCUT2D eigenvalue weighted by Crippen LogP contribution is 2.33. The zero-order chi connectivity index (χ0) is 32.0. The molecule has 0 amide bonds. The zero-order valence-corrected chi connectivity index (χ0v) is 23.0. The highest BCUT2D eigenvalue weighted by atomic mass is 16.8. The van der Waals surface area contributed by atoms with Gasteiger partial charge in [-0.15, -0.1) is 0 Å². The zero-order valence-electron chi connectivity index (χ0n) is 23.0. The van der Waals surface area contributed by atoms with Crippen LogP contribution in [0.25, 0.3) is 0 Å². The number of hydrogen-bond acceptors (Lipinski definition) is 20. The smallest absolute Gasteiger partial charge is 0.187 e. The topological polar surface area (TPSA) is 317 Å². The van der Waals surface area contributed by atoms with Crippen LogP contribution in [0.3, 0.4) is 0 Å². The number of fused-ring (bicyclic) bond motifs is 8. The van der Waals surface area contributed by atoms with Crippen molar-refractivity contribution in [2.24, 2.45) is 0 Å². The molecule has 0 aliphatic carbocycles. The van der Waals surface area contributed by atoms with Crippen molar-refractivity contribution in [3.05, 3.63) is 0 Å². The van der Waals surface area contributed by atoms with Crippen molar-refractivity contribution >= 4 is 0 Å². The van der Waals surface area contributed by atoms with E-state index in [4.69, 9.17) is 37.9 Å². The molecule has 0 spiro atoms. The Morgan fingerprint density at radius 2 is 0.864 bits per heavy atom. The van der Waals surface area contributed by atoms with Gasteiger partial charge in [-0.25, -0.2) is 0 Å². The summed E-state index contributed by atoms with van der Waals surface area (Å²) in [5.74, 6) is 0. The number of ether oxygens (including phenoxy) is 8. The van der Waals surface area contributed by atoms with Crippen molar-refractivity contribution in [3.63, 3.8) is 0 Å². The molecule has 4 unspecified atom stereocenters. The quantitative estimate of drug-likeness (QED) is 0.132. The lowest BCUT2D eigenvalue weighted by molar-refractivity contribution is -0.377. The number of rotatable bonds is 2. The summed E-state index contributed by atoms with van der Waals surface area (Å²) < 4.78 is 44.0. The van der Waals surface area contributed by atoms with Crippen LogP contribution in [0.5, 0.6) is 0 Å².